The minimum Gasteiger partial charge on any atom is -0.323 e. The van der Waals surface area contributed by atoms with Crippen LogP contribution in [0, 0.1) is 5.92 Å². The molecule has 1 heterocycles. The van der Waals surface area contributed by atoms with Gasteiger partial charge in [-0.05, 0) is 37.5 Å². The number of anilines is 1. The summed E-state index contributed by atoms with van der Waals surface area (Å²) >= 11 is 0. The second kappa shape index (κ2) is 6.99. The van der Waals surface area contributed by atoms with Crippen LogP contribution in [0.3, 0.4) is 0 Å². The highest BCUT2D eigenvalue weighted by molar-refractivity contribution is 6.23. The molecule has 0 aromatic heterocycles. The maximum Gasteiger partial charge on any atom is 0.257 e. The third-order valence-corrected chi connectivity index (χ3v) is 5.35. The maximum atomic E-state index is 13.2. The summed E-state index contributed by atoms with van der Waals surface area (Å²) in [5, 5.41) is 0. The number of rotatable bonds is 5. The monoisotopic (exact) mass is 362 g/mol. The molecule has 27 heavy (non-hydrogen) atoms. The van der Waals surface area contributed by atoms with Gasteiger partial charge in [-0.1, -0.05) is 48.5 Å². The molecule has 2 atom stereocenters. The third-order valence-electron chi connectivity index (χ3n) is 5.35. The molecule has 2 aromatic rings. The molecule has 0 bridgehead atoms. The van der Waals surface area contributed by atoms with Gasteiger partial charge in [0.05, 0.1) is 18.2 Å². The third kappa shape index (κ3) is 3.25. The van der Waals surface area contributed by atoms with Crippen molar-refractivity contribution in [2.24, 2.45) is 5.92 Å². The molecule has 3 amide bonds. The van der Waals surface area contributed by atoms with E-state index in [1.807, 2.05) is 43.3 Å². The van der Waals surface area contributed by atoms with Gasteiger partial charge in [-0.15, -0.1) is 0 Å². The predicted molar refractivity (Wildman–Crippen MR) is 102 cm³/mol. The maximum absolute atomic E-state index is 13.2. The van der Waals surface area contributed by atoms with Gasteiger partial charge in [0.1, 0.15) is 6.04 Å². The SMILES string of the molecule is CC(c1ccccc1)N(C(=O)C1CC1)C1CC(=O)N(c2ccccc2)C1=O. The second-order valence-electron chi connectivity index (χ2n) is 7.23. The molecule has 0 spiro atoms. The van der Waals surface area contributed by atoms with Crippen molar-refractivity contribution in [1.29, 1.82) is 0 Å². The molecule has 5 heteroatoms. The normalized spacial score (nSPS) is 20.6. The van der Waals surface area contributed by atoms with Crippen LogP contribution >= 0.6 is 0 Å². The summed E-state index contributed by atoms with van der Waals surface area (Å²) in [5.41, 5.74) is 1.52. The van der Waals surface area contributed by atoms with Crippen LogP contribution in [0.15, 0.2) is 60.7 Å². The zero-order valence-corrected chi connectivity index (χ0v) is 15.2. The van der Waals surface area contributed by atoms with Crippen LogP contribution in [0.4, 0.5) is 5.69 Å². The number of carbonyl (C=O) groups is 3. The first-order valence-corrected chi connectivity index (χ1v) is 9.37. The molecule has 0 N–H and O–H groups in total. The van der Waals surface area contributed by atoms with E-state index >= 15 is 0 Å². The number of benzene rings is 2. The summed E-state index contributed by atoms with van der Waals surface area (Å²) in [4.78, 5) is 41.7. The van der Waals surface area contributed by atoms with Crippen molar-refractivity contribution >= 4 is 23.4 Å². The lowest BCUT2D eigenvalue weighted by Crippen LogP contribution is -2.47. The Morgan fingerprint density at radius 2 is 1.59 bits per heavy atom. The van der Waals surface area contributed by atoms with E-state index in [4.69, 9.17) is 0 Å². The number of para-hydroxylation sites is 1. The van der Waals surface area contributed by atoms with Crippen molar-refractivity contribution in [3.05, 3.63) is 66.2 Å². The molecule has 4 rings (SSSR count). The first-order chi connectivity index (χ1) is 13.1. The van der Waals surface area contributed by atoms with E-state index in [1.165, 1.54) is 4.90 Å². The van der Waals surface area contributed by atoms with Gasteiger partial charge < -0.3 is 4.90 Å². The van der Waals surface area contributed by atoms with E-state index in [2.05, 4.69) is 0 Å². The van der Waals surface area contributed by atoms with Crippen LogP contribution in [0.2, 0.25) is 0 Å². The van der Waals surface area contributed by atoms with Gasteiger partial charge in [0, 0.05) is 5.92 Å². The Labute approximate surface area is 158 Å². The Hall–Kier alpha value is -2.95. The van der Waals surface area contributed by atoms with Crippen molar-refractivity contribution < 1.29 is 14.4 Å². The minimum absolute atomic E-state index is 0.0209. The minimum atomic E-state index is -0.749. The summed E-state index contributed by atoms with van der Waals surface area (Å²) in [6.07, 6.45) is 1.74. The zero-order valence-electron chi connectivity index (χ0n) is 15.2. The summed E-state index contributed by atoms with van der Waals surface area (Å²) in [7, 11) is 0. The number of imide groups is 1. The predicted octanol–water partition coefficient (Wildman–Crippen LogP) is 3.32. The van der Waals surface area contributed by atoms with Gasteiger partial charge in [-0.25, -0.2) is 4.90 Å². The molecule has 1 aliphatic heterocycles. The standard InChI is InChI=1S/C22H22N2O3/c1-15(16-8-4-2-5-9-16)23(21(26)17-12-13-17)19-14-20(25)24(22(19)27)18-10-6-3-7-11-18/h2-11,15,17,19H,12-14H2,1H3. The molecule has 5 nitrogen and oxygen atoms in total. The Morgan fingerprint density at radius 3 is 2.19 bits per heavy atom. The lowest BCUT2D eigenvalue weighted by Gasteiger charge is -2.33. The summed E-state index contributed by atoms with van der Waals surface area (Å²) < 4.78 is 0. The topological polar surface area (TPSA) is 57.7 Å². The summed E-state index contributed by atoms with van der Waals surface area (Å²) in [6.45, 7) is 1.93. The van der Waals surface area contributed by atoms with Crippen LogP contribution in [-0.2, 0) is 14.4 Å². The van der Waals surface area contributed by atoms with E-state index in [-0.39, 0.29) is 36.1 Å². The summed E-state index contributed by atoms with van der Waals surface area (Å²) in [5.74, 6) is -0.620. The van der Waals surface area contributed by atoms with Crippen LogP contribution in [0.1, 0.15) is 37.8 Å². The van der Waals surface area contributed by atoms with Gasteiger partial charge in [0.15, 0.2) is 0 Å². The molecule has 2 aliphatic rings. The summed E-state index contributed by atoms with van der Waals surface area (Å²) in [6, 6.07) is 17.6. The molecule has 1 saturated carbocycles. The van der Waals surface area contributed by atoms with Gasteiger partial charge in [0.2, 0.25) is 11.8 Å². The fraction of sp³-hybridized carbons (Fsp3) is 0.318. The highest BCUT2D eigenvalue weighted by atomic mass is 16.2. The fourth-order valence-corrected chi connectivity index (χ4v) is 3.73. The molecular formula is C22H22N2O3. The average Bonchev–Trinajstić information content (AvgIpc) is 3.50. The molecule has 2 fully saturated rings. The molecule has 1 saturated heterocycles. The smallest absolute Gasteiger partial charge is 0.257 e. The van der Waals surface area contributed by atoms with Crippen LogP contribution < -0.4 is 4.90 Å². The highest BCUT2D eigenvalue weighted by Crippen LogP contribution is 2.38. The van der Waals surface area contributed by atoms with E-state index < -0.39 is 6.04 Å². The highest BCUT2D eigenvalue weighted by Gasteiger charge is 2.48. The van der Waals surface area contributed by atoms with Crippen LogP contribution in [0.25, 0.3) is 0 Å². The van der Waals surface area contributed by atoms with Gasteiger partial charge >= 0.3 is 0 Å². The Morgan fingerprint density at radius 1 is 1.00 bits per heavy atom. The zero-order chi connectivity index (χ0) is 19.0. The van der Waals surface area contributed by atoms with E-state index in [0.29, 0.717) is 5.69 Å². The van der Waals surface area contributed by atoms with E-state index in [9.17, 15) is 14.4 Å². The molecule has 0 radical (unpaired) electrons. The number of hydrogen-bond donors (Lipinski definition) is 0. The molecule has 1 aliphatic carbocycles. The van der Waals surface area contributed by atoms with Crippen LogP contribution in [-0.4, -0.2) is 28.7 Å². The van der Waals surface area contributed by atoms with Crippen molar-refractivity contribution in [1.82, 2.24) is 4.90 Å². The van der Waals surface area contributed by atoms with E-state index in [1.54, 1.807) is 29.2 Å². The molecule has 2 unspecified atom stereocenters. The first kappa shape index (κ1) is 17.5. The van der Waals surface area contributed by atoms with Crippen LogP contribution in [0.5, 0.6) is 0 Å². The van der Waals surface area contributed by atoms with Crippen molar-refractivity contribution in [2.75, 3.05) is 4.90 Å². The number of carbonyl (C=O) groups excluding carboxylic acids is 3. The van der Waals surface area contributed by atoms with Gasteiger partial charge in [-0.3, -0.25) is 14.4 Å². The number of hydrogen-bond acceptors (Lipinski definition) is 3. The molecule has 138 valence electrons. The number of amides is 3. The Bertz CT molecular complexity index is 862. The molecule has 2 aromatic carbocycles. The number of nitrogens with zero attached hydrogens (tertiary/aromatic N) is 2. The van der Waals surface area contributed by atoms with Crippen molar-refractivity contribution in [3.8, 4) is 0 Å². The average molecular weight is 362 g/mol. The largest absolute Gasteiger partial charge is 0.323 e. The van der Waals surface area contributed by atoms with Gasteiger partial charge in [-0.2, -0.15) is 0 Å². The lowest BCUT2D eigenvalue weighted by molar-refractivity contribution is -0.142. The fourth-order valence-electron chi connectivity index (χ4n) is 3.73. The second-order valence-corrected chi connectivity index (χ2v) is 7.23. The van der Waals surface area contributed by atoms with Gasteiger partial charge in [0.25, 0.3) is 5.91 Å². The lowest BCUT2D eigenvalue weighted by atomic mass is 10.0. The van der Waals surface area contributed by atoms with E-state index in [0.717, 1.165) is 18.4 Å². The Kier molecular flexibility index (Phi) is 4.52. The quantitative estimate of drug-likeness (QED) is 0.767. The van der Waals surface area contributed by atoms with Crippen molar-refractivity contribution in [2.45, 2.75) is 38.3 Å². The first-order valence-electron chi connectivity index (χ1n) is 9.37. The Balaban J connectivity index is 1.67. The van der Waals surface area contributed by atoms with Crippen molar-refractivity contribution in [3.63, 3.8) is 0 Å². The molecular weight excluding hydrogens is 340 g/mol.